The number of aromatic nitrogens is 1. The second kappa shape index (κ2) is 7.66. The number of hydrogen-bond donors (Lipinski definition) is 1. The summed E-state index contributed by atoms with van der Waals surface area (Å²) < 4.78 is 11.2. The van der Waals surface area contributed by atoms with E-state index in [2.05, 4.69) is 10.5 Å². The van der Waals surface area contributed by atoms with E-state index in [1.807, 2.05) is 64.1 Å². The van der Waals surface area contributed by atoms with E-state index in [1.54, 1.807) is 6.92 Å². The molecule has 0 aliphatic heterocycles. The number of ether oxygens (including phenoxy) is 1. The van der Waals surface area contributed by atoms with E-state index < -0.39 is 0 Å². The Morgan fingerprint density at radius 3 is 2.44 bits per heavy atom. The molecule has 0 bridgehead atoms. The van der Waals surface area contributed by atoms with E-state index in [0.717, 1.165) is 33.7 Å². The first kappa shape index (κ1) is 18.7. The second-order valence-electron chi connectivity index (χ2n) is 6.90. The van der Waals surface area contributed by atoms with Crippen LogP contribution in [0.15, 0.2) is 40.9 Å². The Labute approximate surface area is 159 Å². The van der Waals surface area contributed by atoms with Gasteiger partial charge >= 0.3 is 0 Å². The standard InChI is InChI=1S/C22H24N2O3/c1-13-7-9-19(16(4)10-13)23-22(25)21-18(17(5)27-24-21)12-26-20-11-14(2)6-8-15(20)3/h6-11H,12H2,1-5H3,(H,23,25). The molecule has 0 unspecified atom stereocenters. The Kier molecular flexibility index (Phi) is 5.31. The maximum atomic E-state index is 12.7. The van der Waals surface area contributed by atoms with E-state index in [4.69, 9.17) is 9.26 Å². The van der Waals surface area contributed by atoms with E-state index in [9.17, 15) is 4.79 Å². The van der Waals surface area contributed by atoms with Crippen molar-refractivity contribution in [3.8, 4) is 5.75 Å². The van der Waals surface area contributed by atoms with Gasteiger partial charge in [-0.2, -0.15) is 0 Å². The third-order valence-corrected chi connectivity index (χ3v) is 4.55. The first-order chi connectivity index (χ1) is 12.8. The maximum absolute atomic E-state index is 12.7. The van der Waals surface area contributed by atoms with Crippen LogP contribution in [-0.2, 0) is 6.61 Å². The average molecular weight is 364 g/mol. The van der Waals surface area contributed by atoms with E-state index in [0.29, 0.717) is 11.3 Å². The van der Waals surface area contributed by atoms with Crippen molar-refractivity contribution >= 4 is 11.6 Å². The van der Waals surface area contributed by atoms with Gasteiger partial charge in [-0.25, -0.2) is 0 Å². The second-order valence-corrected chi connectivity index (χ2v) is 6.90. The predicted octanol–water partition coefficient (Wildman–Crippen LogP) is 5.05. The molecule has 1 amide bonds. The van der Waals surface area contributed by atoms with Crippen LogP contribution in [0.2, 0.25) is 0 Å². The Bertz CT molecular complexity index is 989. The zero-order chi connectivity index (χ0) is 19.6. The van der Waals surface area contributed by atoms with Gasteiger partial charge in [0.1, 0.15) is 18.1 Å². The van der Waals surface area contributed by atoms with Crippen molar-refractivity contribution in [2.24, 2.45) is 0 Å². The lowest BCUT2D eigenvalue weighted by Crippen LogP contribution is -2.16. The summed E-state index contributed by atoms with van der Waals surface area (Å²) in [5.41, 5.74) is 5.95. The Hall–Kier alpha value is -3.08. The summed E-state index contributed by atoms with van der Waals surface area (Å²) in [4.78, 5) is 12.7. The van der Waals surface area contributed by atoms with Gasteiger partial charge in [0.15, 0.2) is 5.69 Å². The summed E-state index contributed by atoms with van der Waals surface area (Å²) >= 11 is 0. The molecule has 27 heavy (non-hydrogen) atoms. The van der Waals surface area contributed by atoms with Crippen LogP contribution in [0.25, 0.3) is 0 Å². The minimum Gasteiger partial charge on any atom is -0.488 e. The number of amides is 1. The lowest BCUT2D eigenvalue weighted by molar-refractivity contribution is 0.101. The van der Waals surface area contributed by atoms with Crippen molar-refractivity contribution in [3.63, 3.8) is 0 Å². The topological polar surface area (TPSA) is 64.4 Å². The highest BCUT2D eigenvalue weighted by molar-refractivity contribution is 6.04. The summed E-state index contributed by atoms with van der Waals surface area (Å²) in [5.74, 6) is 1.06. The van der Waals surface area contributed by atoms with Crippen LogP contribution in [0.5, 0.6) is 5.75 Å². The molecule has 5 nitrogen and oxygen atoms in total. The number of nitrogens with zero attached hydrogens (tertiary/aromatic N) is 1. The highest BCUT2D eigenvalue weighted by Gasteiger charge is 2.21. The maximum Gasteiger partial charge on any atom is 0.278 e. The number of benzene rings is 2. The number of rotatable bonds is 5. The molecule has 1 heterocycles. The van der Waals surface area contributed by atoms with Crippen molar-refractivity contribution in [2.45, 2.75) is 41.2 Å². The van der Waals surface area contributed by atoms with Crippen molar-refractivity contribution in [3.05, 3.63) is 75.7 Å². The third-order valence-electron chi connectivity index (χ3n) is 4.55. The molecule has 140 valence electrons. The fourth-order valence-corrected chi connectivity index (χ4v) is 2.89. The predicted molar refractivity (Wildman–Crippen MR) is 105 cm³/mol. The number of carbonyl (C=O) groups excluding carboxylic acids is 1. The summed E-state index contributed by atoms with van der Waals surface area (Å²) in [5, 5.41) is 6.85. The van der Waals surface area contributed by atoms with Crippen LogP contribution in [0.3, 0.4) is 0 Å². The summed E-state index contributed by atoms with van der Waals surface area (Å²) in [6.07, 6.45) is 0. The number of anilines is 1. The number of aryl methyl sites for hydroxylation is 5. The molecular weight excluding hydrogens is 340 g/mol. The first-order valence-corrected chi connectivity index (χ1v) is 8.89. The van der Waals surface area contributed by atoms with Gasteiger partial charge in [0.05, 0.1) is 5.56 Å². The molecule has 0 radical (unpaired) electrons. The minimum absolute atomic E-state index is 0.218. The summed E-state index contributed by atoms with van der Waals surface area (Å²) in [6.45, 7) is 9.98. The molecular formula is C22H24N2O3. The van der Waals surface area contributed by atoms with Crippen LogP contribution in [0, 0.1) is 34.6 Å². The van der Waals surface area contributed by atoms with Crippen LogP contribution >= 0.6 is 0 Å². The average Bonchev–Trinajstić information content (AvgIpc) is 2.99. The van der Waals surface area contributed by atoms with Crippen LogP contribution in [0.1, 0.15) is 44.1 Å². The Morgan fingerprint density at radius 1 is 1.00 bits per heavy atom. The largest absolute Gasteiger partial charge is 0.488 e. The normalized spacial score (nSPS) is 10.7. The molecule has 0 saturated heterocycles. The summed E-state index contributed by atoms with van der Waals surface area (Å²) in [7, 11) is 0. The molecule has 5 heteroatoms. The SMILES string of the molecule is Cc1ccc(NC(=O)c2noc(C)c2COc2cc(C)ccc2C)c(C)c1. The van der Waals surface area contributed by atoms with Crippen molar-refractivity contribution in [2.75, 3.05) is 5.32 Å². The summed E-state index contributed by atoms with van der Waals surface area (Å²) in [6, 6.07) is 11.9. The van der Waals surface area contributed by atoms with Gasteiger partial charge < -0.3 is 14.6 Å². The lowest BCUT2D eigenvalue weighted by Gasteiger charge is -2.11. The Balaban J connectivity index is 1.79. The van der Waals surface area contributed by atoms with E-state index in [-0.39, 0.29) is 18.2 Å². The van der Waals surface area contributed by atoms with Crippen LogP contribution < -0.4 is 10.1 Å². The van der Waals surface area contributed by atoms with E-state index >= 15 is 0 Å². The van der Waals surface area contributed by atoms with Gasteiger partial charge in [-0.05, 0) is 63.4 Å². The fraction of sp³-hybridized carbons (Fsp3) is 0.273. The molecule has 0 aliphatic carbocycles. The molecule has 0 atom stereocenters. The number of carbonyl (C=O) groups is 1. The van der Waals surface area contributed by atoms with Crippen molar-refractivity contribution < 1.29 is 14.1 Å². The highest BCUT2D eigenvalue weighted by atomic mass is 16.5. The van der Waals surface area contributed by atoms with Crippen molar-refractivity contribution in [1.82, 2.24) is 5.16 Å². The van der Waals surface area contributed by atoms with E-state index in [1.165, 1.54) is 0 Å². The zero-order valence-corrected chi connectivity index (χ0v) is 16.3. The zero-order valence-electron chi connectivity index (χ0n) is 16.3. The number of nitrogens with one attached hydrogen (secondary N) is 1. The van der Waals surface area contributed by atoms with Gasteiger partial charge in [0.2, 0.25) is 0 Å². The molecule has 0 fully saturated rings. The minimum atomic E-state index is -0.307. The van der Waals surface area contributed by atoms with Gasteiger partial charge in [-0.3, -0.25) is 4.79 Å². The Morgan fingerprint density at radius 2 is 1.70 bits per heavy atom. The van der Waals surface area contributed by atoms with Crippen LogP contribution in [-0.4, -0.2) is 11.1 Å². The van der Waals surface area contributed by atoms with Gasteiger partial charge in [0.25, 0.3) is 5.91 Å². The molecule has 0 spiro atoms. The highest BCUT2D eigenvalue weighted by Crippen LogP contribution is 2.23. The molecule has 1 aromatic heterocycles. The lowest BCUT2D eigenvalue weighted by atomic mass is 10.1. The van der Waals surface area contributed by atoms with Gasteiger partial charge in [-0.15, -0.1) is 0 Å². The molecule has 0 aliphatic rings. The fourth-order valence-electron chi connectivity index (χ4n) is 2.89. The number of hydrogen-bond acceptors (Lipinski definition) is 4. The molecule has 3 rings (SSSR count). The molecule has 0 saturated carbocycles. The smallest absolute Gasteiger partial charge is 0.278 e. The first-order valence-electron chi connectivity index (χ1n) is 8.89. The monoisotopic (exact) mass is 364 g/mol. The quantitative estimate of drug-likeness (QED) is 0.688. The molecule has 3 aromatic rings. The van der Waals surface area contributed by atoms with Crippen LogP contribution in [0.4, 0.5) is 5.69 Å². The molecule has 2 aromatic carbocycles. The third kappa shape index (κ3) is 4.19. The molecule has 1 N–H and O–H groups in total. The van der Waals surface area contributed by atoms with Crippen molar-refractivity contribution in [1.29, 1.82) is 0 Å². The van der Waals surface area contributed by atoms with Gasteiger partial charge in [0, 0.05) is 5.69 Å². The van der Waals surface area contributed by atoms with Gasteiger partial charge in [-0.1, -0.05) is 35.0 Å².